The molecule has 1 saturated heterocycles. The summed E-state index contributed by atoms with van der Waals surface area (Å²) in [7, 11) is 0. The van der Waals surface area contributed by atoms with Crippen molar-refractivity contribution in [1.29, 1.82) is 0 Å². The number of carbonyl (C=O) groups excluding carboxylic acids is 1. The molecule has 1 amide bonds. The Morgan fingerprint density at radius 3 is 3.00 bits per heavy atom. The van der Waals surface area contributed by atoms with E-state index in [0.29, 0.717) is 5.92 Å². The molecule has 4 nitrogen and oxygen atoms in total. The van der Waals surface area contributed by atoms with E-state index in [0.717, 1.165) is 55.1 Å². The largest absolute Gasteiger partial charge is 0.338 e. The number of amides is 1. The van der Waals surface area contributed by atoms with Gasteiger partial charge in [0.25, 0.3) is 0 Å². The summed E-state index contributed by atoms with van der Waals surface area (Å²) in [6.07, 6.45) is 6.82. The third-order valence-corrected chi connectivity index (χ3v) is 6.00. The van der Waals surface area contributed by atoms with Crippen LogP contribution in [0.4, 0.5) is 0 Å². The number of hydrogen-bond donors (Lipinski definition) is 0. The van der Waals surface area contributed by atoms with Gasteiger partial charge >= 0.3 is 0 Å². The lowest BCUT2D eigenvalue weighted by Crippen LogP contribution is -2.38. The molecule has 1 aliphatic rings. The molecule has 0 saturated carbocycles. The summed E-state index contributed by atoms with van der Waals surface area (Å²) in [5, 5.41) is 2.03. The highest BCUT2D eigenvalue weighted by atomic mass is 32.1. The molecule has 3 heterocycles. The minimum atomic E-state index is 0.103. The molecule has 140 valence electrons. The first kappa shape index (κ1) is 18.0. The number of rotatable bonds is 5. The molecule has 5 heteroatoms. The number of fused-ring (bicyclic) bond motifs is 1. The van der Waals surface area contributed by atoms with E-state index in [1.54, 1.807) is 17.4 Å². The predicted octanol–water partition coefficient (Wildman–Crippen LogP) is 4.93. The third-order valence-electron chi connectivity index (χ3n) is 5.16. The third kappa shape index (κ3) is 3.83. The molecule has 0 aliphatic carbocycles. The van der Waals surface area contributed by atoms with Crippen LogP contribution in [0.3, 0.4) is 0 Å². The highest BCUT2D eigenvalue weighted by Crippen LogP contribution is 2.29. The first-order valence-corrected chi connectivity index (χ1v) is 10.6. The van der Waals surface area contributed by atoms with Crippen LogP contribution in [0.5, 0.6) is 0 Å². The van der Waals surface area contributed by atoms with Gasteiger partial charge in [-0.15, -0.1) is 11.3 Å². The smallest absolute Gasteiger partial charge is 0.246 e. The molecule has 2 aromatic heterocycles. The van der Waals surface area contributed by atoms with Crippen molar-refractivity contribution in [3.8, 4) is 0 Å². The maximum Gasteiger partial charge on any atom is 0.246 e. The van der Waals surface area contributed by atoms with Gasteiger partial charge in [0.15, 0.2) is 0 Å². The van der Waals surface area contributed by atoms with Gasteiger partial charge in [0.1, 0.15) is 5.82 Å². The second-order valence-corrected chi connectivity index (χ2v) is 8.06. The summed E-state index contributed by atoms with van der Waals surface area (Å²) in [5.41, 5.74) is 2.26. The van der Waals surface area contributed by atoms with Gasteiger partial charge in [-0.3, -0.25) is 4.79 Å². The molecule has 0 bridgehead atoms. The Kier molecular flexibility index (Phi) is 5.39. The van der Waals surface area contributed by atoms with Crippen molar-refractivity contribution in [1.82, 2.24) is 14.5 Å². The molecule has 1 atom stereocenters. The highest BCUT2D eigenvalue weighted by Gasteiger charge is 2.27. The number of hydrogen-bond acceptors (Lipinski definition) is 3. The molecule has 0 radical (unpaired) electrons. The number of benzene rings is 1. The zero-order valence-corrected chi connectivity index (χ0v) is 16.5. The van der Waals surface area contributed by atoms with Crippen molar-refractivity contribution in [2.24, 2.45) is 0 Å². The van der Waals surface area contributed by atoms with E-state index in [4.69, 9.17) is 4.98 Å². The topological polar surface area (TPSA) is 38.1 Å². The van der Waals surface area contributed by atoms with Gasteiger partial charge in [0.05, 0.1) is 11.0 Å². The number of thiophene rings is 1. The number of para-hydroxylation sites is 2. The van der Waals surface area contributed by atoms with E-state index in [9.17, 15) is 4.79 Å². The zero-order valence-electron chi connectivity index (χ0n) is 15.7. The van der Waals surface area contributed by atoms with E-state index < -0.39 is 0 Å². The number of aryl methyl sites for hydroxylation is 1. The number of likely N-dealkylation sites (tertiary alicyclic amines) is 1. The number of piperidine rings is 1. The summed E-state index contributed by atoms with van der Waals surface area (Å²) in [5.74, 6) is 1.54. The fraction of sp³-hybridized carbons (Fsp3) is 0.364. The Morgan fingerprint density at radius 2 is 2.19 bits per heavy atom. The fourth-order valence-corrected chi connectivity index (χ4v) is 4.52. The van der Waals surface area contributed by atoms with Gasteiger partial charge in [-0.05, 0) is 48.9 Å². The van der Waals surface area contributed by atoms with Gasteiger partial charge in [-0.25, -0.2) is 4.98 Å². The van der Waals surface area contributed by atoms with Gasteiger partial charge in [0, 0.05) is 36.5 Å². The SMILES string of the molecule is CCCn1c(C2CCCN(C(=O)/C=C/c3cccs3)C2)nc2ccccc21. The standard InChI is InChI=1S/C22H25N3OS/c1-2-13-25-20-10-4-3-9-19(20)23-22(25)17-7-5-14-24(16-17)21(26)12-11-18-8-6-15-27-18/h3-4,6,8-12,15,17H,2,5,7,13-14,16H2,1H3/b12-11+. The monoisotopic (exact) mass is 379 g/mol. The van der Waals surface area contributed by atoms with Crippen LogP contribution in [0.15, 0.2) is 47.9 Å². The van der Waals surface area contributed by atoms with Crippen molar-refractivity contribution < 1.29 is 4.79 Å². The minimum Gasteiger partial charge on any atom is -0.338 e. The molecule has 3 aromatic rings. The Balaban J connectivity index is 1.55. The predicted molar refractivity (Wildman–Crippen MR) is 112 cm³/mol. The van der Waals surface area contributed by atoms with Crippen molar-refractivity contribution in [2.75, 3.05) is 13.1 Å². The van der Waals surface area contributed by atoms with Crippen LogP contribution in [-0.2, 0) is 11.3 Å². The number of imidazole rings is 1. The van der Waals surface area contributed by atoms with Gasteiger partial charge in [-0.1, -0.05) is 25.1 Å². The van der Waals surface area contributed by atoms with Crippen LogP contribution >= 0.6 is 11.3 Å². The molecule has 0 spiro atoms. The normalized spacial score (nSPS) is 17.8. The molecule has 1 aromatic carbocycles. The van der Waals surface area contributed by atoms with Crippen LogP contribution in [0, 0.1) is 0 Å². The lowest BCUT2D eigenvalue weighted by atomic mass is 9.97. The molecule has 4 rings (SSSR count). The summed E-state index contributed by atoms with van der Waals surface area (Å²) in [6.45, 7) is 4.75. The van der Waals surface area contributed by atoms with E-state index in [1.807, 2.05) is 34.6 Å². The van der Waals surface area contributed by atoms with Crippen LogP contribution in [-0.4, -0.2) is 33.4 Å². The first-order chi connectivity index (χ1) is 13.3. The van der Waals surface area contributed by atoms with E-state index in [2.05, 4.69) is 29.7 Å². The Hall–Kier alpha value is -2.40. The Morgan fingerprint density at radius 1 is 1.30 bits per heavy atom. The van der Waals surface area contributed by atoms with E-state index in [-0.39, 0.29) is 5.91 Å². The van der Waals surface area contributed by atoms with Gasteiger partial charge in [-0.2, -0.15) is 0 Å². The van der Waals surface area contributed by atoms with Gasteiger partial charge in [0.2, 0.25) is 5.91 Å². The van der Waals surface area contributed by atoms with Crippen molar-refractivity contribution >= 4 is 34.4 Å². The van der Waals surface area contributed by atoms with Crippen LogP contribution < -0.4 is 0 Å². The molecule has 27 heavy (non-hydrogen) atoms. The number of aromatic nitrogens is 2. The summed E-state index contributed by atoms with van der Waals surface area (Å²) in [4.78, 5) is 20.7. The van der Waals surface area contributed by atoms with Crippen LogP contribution in [0.25, 0.3) is 17.1 Å². The number of nitrogens with zero attached hydrogens (tertiary/aromatic N) is 3. The second-order valence-electron chi connectivity index (χ2n) is 7.08. The molecule has 1 unspecified atom stereocenters. The second kappa shape index (κ2) is 8.09. The van der Waals surface area contributed by atoms with Crippen LogP contribution in [0.2, 0.25) is 0 Å². The Labute approximate surface area is 164 Å². The van der Waals surface area contributed by atoms with E-state index in [1.165, 1.54) is 5.52 Å². The summed E-state index contributed by atoms with van der Waals surface area (Å²) in [6, 6.07) is 12.4. The summed E-state index contributed by atoms with van der Waals surface area (Å²) >= 11 is 1.65. The maximum atomic E-state index is 12.7. The zero-order chi connectivity index (χ0) is 18.6. The quantitative estimate of drug-likeness (QED) is 0.590. The molecular formula is C22H25N3OS. The average Bonchev–Trinajstić information content (AvgIpc) is 3.35. The highest BCUT2D eigenvalue weighted by molar-refractivity contribution is 7.10. The average molecular weight is 380 g/mol. The number of carbonyl (C=O) groups is 1. The van der Waals surface area contributed by atoms with Crippen LogP contribution in [0.1, 0.15) is 42.8 Å². The lowest BCUT2D eigenvalue weighted by molar-refractivity contribution is -0.127. The first-order valence-electron chi connectivity index (χ1n) is 9.72. The molecule has 0 N–H and O–H groups in total. The van der Waals surface area contributed by atoms with Crippen molar-refractivity contribution in [2.45, 2.75) is 38.6 Å². The summed E-state index contributed by atoms with van der Waals surface area (Å²) < 4.78 is 2.36. The minimum absolute atomic E-state index is 0.103. The van der Waals surface area contributed by atoms with E-state index >= 15 is 0 Å². The lowest BCUT2D eigenvalue weighted by Gasteiger charge is -2.32. The molecule has 1 fully saturated rings. The van der Waals surface area contributed by atoms with Crippen molar-refractivity contribution in [3.05, 3.63) is 58.6 Å². The van der Waals surface area contributed by atoms with Crippen molar-refractivity contribution in [3.63, 3.8) is 0 Å². The molecule has 1 aliphatic heterocycles. The molecular weight excluding hydrogens is 354 g/mol. The van der Waals surface area contributed by atoms with Gasteiger partial charge < -0.3 is 9.47 Å². The maximum absolute atomic E-state index is 12.7. The Bertz CT molecular complexity index is 942. The fourth-order valence-electron chi connectivity index (χ4n) is 3.90.